The van der Waals surface area contributed by atoms with Crippen molar-refractivity contribution in [1.29, 1.82) is 0 Å². The van der Waals surface area contributed by atoms with Crippen molar-refractivity contribution in [1.82, 2.24) is 5.32 Å². The molecule has 0 saturated carbocycles. The Morgan fingerprint density at radius 3 is 2.62 bits per heavy atom. The van der Waals surface area contributed by atoms with Crippen molar-refractivity contribution >= 4 is 11.9 Å². The van der Waals surface area contributed by atoms with Crippen LogP contribution >= 0.6 is 0 Å². The first-order chi connectivity index (χ1) is 12.5. The van der Waals surface area contributed by atoms with Crippen molar-refractivity contribution in [3.05, 3.63) is 70.8 Å². The van der Waals surface area contributed by atoms with Crippen LogP contribution in [-0.2, 0) is 16.0 Å². The lowest BCUT2D eigenvalue weighted by Crippen LogP contribution is -2.43. The number of rotatable bonds is 5. The number of nitrogens with one attached hydrogen (secondary N) is 1. The molecule has 136 valence electrons. The van der Waals surface area contributed by atoms with Gasteiger partial charge in [0, 0.05) is 6.61 Å². The molecule has 5 nitrogen and oxygen atoms in total. The second kappa shape index (κ2) is 8.15. The predicted molar refractivity (Wildman–Crippen MR) is 98.1 cm³/mol. The van der Waals surface area contributed by atoms with E-state index in [1.54, 1.807) is 18.2 Å². The fraction of sp³-hybridized carbons (Fsp3) is 0.333. The lowest BCUT2D eigenvalue weighted by molar-refractivity contribution is -0.123. The fourth-order valence-electron chi connectivity index (χ4n) is 3.33. The molecule has 0 bridgehead atoms. The van der Waals surface area contributed by atoms with Gasteiger partial charge in [0.1, 0.15) is 6.10 Å². The Bertz CT molecular complexity index is 785. The zero-order chi connectivity index (χ0) is 18.5. The summed E-state index contributed by atoms with van der Waals surface area (Å²) < 4.78 is 5.92. The number of hydrogen-bond acceptors (Lipinski definition) is 3. The molecule has 1 saturated heterocycles. The van der Waals surface area contributed by atoms with Gasteiger partial charge in [0.2, 0.25) is 5.91 Å². The molecule has 2 aromatic rings. The Balaban J connectivity index is 1.71. The third-order valence-electron chi connectivity index (χ3n) is 4.67. The summed E-state index contributed by atoms with van der Waals surface area (Å²) in [5, 5.41) is 12.3. The Morgan fingerprint density at radius 2 is 1.88 bits per heavy atom. The molecule has 0 aromatic heterocycles. The molecule has 1 heterocycles. The Labute approximate surface area is 153 Å². The average Bonchev–Trinajstić information content (AvgIpc) is 2.63. The molecule has 2 atom stereocenters. The molecule has 2 N–H and O–H groups in total. The van der Waals surface area contributed by atoms with Crippen LogP contribution in [0, 0.1) is 6.92 Å². The number of aromatic carboxylic acids is 1. The van der Waals surface area contributed by atoms with Crippen molar-refractivity contribution < 1.29 is 19.4 Å². The molecule has 2 unspecified atom stereocenters. The number of carboxylic acids is 1. The van der Waals surface area contributed by atoms with E-state index in [4.69, 9.17) is 4.74 Å². The minimum atomic E-state index is -1.02. The molecule has 1 aliphatic rings. The first kappa shape index (κ1) is 18.1. The van der Waals surface area contributed by atoms with Crippen LogP contribution in [0.3, 0.4) is 0 Å². The minimum Gasteiger partial charge on any atom is -0.478 e. The Kier molecular flexibility index (Phi) is 5.68. The van der Waals surface area contributed by atoms with Gasteiger partial charge in [-0.25, -0.2) is 4.79 Å². The molecule has 1 fully saturated rings. The number of benzene rings is 2. The number of carbonyl (C=O) groups excluding carboxylic acids is 1. The van der Waals surface area contributed by atoms with Crippen LogP contribution in [0.15, 0.2) is 48.5 Å². The number of ether oxygens (including phenoxy) is 1. The van der Waals surface area contributed by atoms with Gasteiger partial charge in [0.25, 0.3) is 0 Å². The van der Waals surface area contributed by atoms with Gasteiger partial charge in [0.15, 0.2) is 0 Å². The lowest BCUT2D eigenvalue weighted by Gasteiger charge is -2.33. The lowest BCUT2D eigenvalue weighted by atomic mass is 9.95. The van der Waals surface area contributed by atoms with Gasteiger partial charge in [-0.05, 0) is 37.0 Å². The highest BCUT2D eigenvalue weighted by Gasteiger charge is 2.29. The highest BCUT2D eigenvalue weighted by Crippen LogP contribution is 2.28. The van der Waals surface area contributed by atoms with E-state index in [0.717, 1.165) is 18.4 Å². The van der Waals surface area contributed by atoms with Crippen molar-refractivity contribution in [3.8, 4) is 0 Å². The van der Waals surface area contributed by atoms with Crippen LogP contribution in [0.2, 0.25) is 0 Å². The fourth-order valence-corrected chi connectivity index (χ4v) is 3.33. The molecular weight excluding hydrogens is 330 g/mol. The molecular formula is C21H23NO4. The van der Waals surface area contributed by atoms with E-state index in [2.05, 4.69) is 5.32 Å². The predicted octanol–water partition coefficient (Wildman–Crippen LogP) is 3.27. The van der Waals surface area contributed by atoms with Gasteiger partial charge < -0.3 is 15.2 Å². The molecule has 2 aromatic carbocycles. The van der Waals surface area contributed by atoms with E-state index in [0.29, 0.717) is 12.2 Å². The molecule has 0 spiro atoms. The van der Waals surface area contributed by atoms with Crippen LogP contribution < -0.4 is 5.32 Å². The monoisotopic (exact) mass is 353 g/mol. The molecule has 5 heteroatoms. The van der Waals surface area contributed by atoms with E-state index in [1.165, 1.54) is 11.6 Å². The van der Waals surface area contributed by atoms with Crippen LogP contribution in [0.1, 0.15) is 46.0 Å². The molecule has 26 heavy (non-hydrogen) atoms. The molecule has 3 rings (SSSR count). The average molecular weight is 353 g/mol. The summed E-state index contributed by atoms with van der Waals surface area (Å²) in [5.41, 5.74) is 2.90. The van der Waals surface area contributed by atoms with Crippen LogP contribution in [0.5, 0.6) is 0 Å². The third-order valence-corrected chi connectivity index (χ3v) is 4.67. The summed E-state index contributed by atoms with van der Waals surface area (Å²) in [6.45, 7) is 2.71. The van der Waals surface area contributed by atoms with Crippen LogP contribution in [0.25, 0.3) is 0 Å². The van der Waals surface area contributed by atoms with E-state index in [-0.39, 0.29) is 30.0 Å². The van der Waals surface area contributed by atoms with Crippen LogP contribution in [0.4, 0.5) is 0 Å². The highest BCUT2D eigenvalue weighted by molar-refractivity contribution is 5.91. The first-order valence-corrected chi connectivity index (χ1v) is 8.83. The number of amides is 1. The molecule has 1 amide bonds. The van der Waals surface area contributed by atoms with Crippen molar-refractivity contribution in [2.75, 3.05) is 6.61 Å². The van der Waals surface area contributed by atoms with E-state index in [1.807, 2.05) is 31.2 Å². The highest BCUT2D eigenvalue weighted by atomic mass is 16.5. The quantitative estimate of drug-likeness (QED) is 0.865. The van der Waals surface area contributed by atoms with Gasteiger partial charge in [-0.2, -0.15) is 0 Å². The van der Waals surface area contributed by atoms with Crippen molar-refractivity contribution in [2.24, 2.45) is 0 Å². The maximum absolute atomic E-state index is 12.5. The second-order valence-corrected chi connectivity index (χ2v) is 6.66. The number of hydrogen-bond donors (Lipinski definition) is 2. The SMILES string of the molecule is Cc1ccc(C2OCCCC2NC(=O)Cc2ccccc2C(=O)O)cc1. The first-order valence-electron chi connectivity index (χ1n) is 8.83. The topological polar surface area (TPSA) is 75.6 Å². The zero-order valence-electron chi connectivity index (χ0n) is 14.8. The largest absolute Gasteiger partial charge is 0.478 e. The second-order valence-electron chi connectivity index (χ2n) is 6.66. The maximum Gasteiger partial charge on any atom is 0.335 e. The summed E-state index contributed by atoms with van der Waals surface area (Å²) in [5.74, 6) is -1.21. The van der Waals surface area contributed by atoms with Gasteiger partial charge in [-0.15, -0.1) is 0 Å². The van der Waals surface area contributed by atoms with Gasteiger partial charge in [-0.1, -0.05) is 48.0 Å². The molecule has 0 aliphatic carbocycles. The standard InChI is InChI=1S/C21H23NO4/c1-14-8-10-15(11-9-14)20-18(7-4-12-26-20)22-19(23)13-16-5-2-3-6-17(16)21(24)25/h2-3,5-6,8-11,18,20H,4,7,12-13H2,1H3,(H,22,23)(H,24,25). The van der Waals surface area contributed by atoms with Crippen molar-refractivity contribution in [3.63, 3.8) is 0 Å². The number of carboxylic acid groups (broad SMARTS) is 1. The number of carbonyl (C=O) groups is 2. The minimum absolute atomic E-state index is 0.0413. The van der Waals surface area contributed by atoms with E-state index < -0.39 is 5.97 Å². The van der Waals surface area contributed by atoms with Crippen molar-refractivity contribution in [2.45, 2.75) is 38.3 Å². The van der Waals surface area contributed by atoms with E-state index >= 15 is 0 Å². The van der Waals surface area contributed by atoms with E-state index in [9.17, 15) is 14.7 Å². The summed E-state index contributed by atoms with van der Waals surface area (Å²) in [6.07, 6.45) is 1.59. The van der Waals surface area contributed by atoms with Gasteiger partial charge in [-0.3, -0.25) is 4.79 Å². The molecule has 1 aliphatic heterocycles. The number of aryl methyl sites for hydroxylation is 1. The Morgan fingerprint density at radius 1 is 1.15 bits per heavy atom. The van der Waals surface area contributed by atoms with Crippen LogP contribution in [-0.4, -0.2) is 29.6 Å². The summed E-state index contributed by atoms with van der Waals surface area (Å²) in [7, 11) is 0. The van der Waals surface area contributed by atoms with Gasteiger partial charge >= 0.3 is 5.97 Å². The zero-order valence-corrected chi connectivity index (χ0v) is 14.8. The maximum atomic E-state index is 12.5. The normalized spacial score (nSPS) is 19.7. The third kappa shape index (κ3) is 4.29. The summed E-state index contributed by atoms with van der Waals surface area (Å²) in [4.78, 5) is 23.8. The summed E-state index contributed by atoms with van der Waals surface area (Å²) >= 11 is 0. The Hall–Kier alpha value is -2.66. The molecule has 0 radical (unpaired) electrons. The van der Waals surface area contributed by atoms with Gasteiger partial charge in [0.05, 0.1) is 18.0 Å². The smallest absolute Gasteiger partial charge is 0.335 e. The summed E-state index contributed by atoms with van der Waals surface area (Å²) in [6, 6.07) is 14.6.